The predicted molar refractivity (Wildman–Crippen MR) is 74.1 cm³/mol. The molecule has 1 aromatic carbocycles. The van der Waals surface area contributed by atoms with Crippen molar-refractivity contribution in [3.05, 3.63) is 29.8 Å². The molecule has 4 nitrogen and oxygen atoms in total. The van der Waals surface area contributed by atoms with Crippen molar-refractivity contribution in [2.45, 2.75) is 50.2 Å². The van der Waals surface area contributed by atoms with Gasteiger partial charge in [-0.25, -0.2) is 13.1 Å². The summed E-state index contributed by atoms with van der Waals surface area (Å²) in [4.78, 5) is 0.183. The Balaban J connectivity index is 2.17. The molecular formula is C14H21NO3S. The van der Waals surface area contributed by atoms with Gasteiger partial charge in [-0.05, 0) is 37.3 Å². The first-order valence-electron chi connectivity index (χ1n) is 6.75. The van der Waals surface area contributed by atoms with Crippen LogP contribution in [0.3, 0.4) is 0 Å². The number of aliphatic hydroxyl groups excluding tert-OH is 1. The maximum atomic E-state index is 12.4. The summed E-state index contributed by atoms with van der Waals surface area (Å²) in [6, 6.07) is 6.52. The van der Waals surface area contributed by atoms with E-state index in [1.165, 1.54) is 18.9 Å². The lowest BCUT2D eigenvalue weighted by Gasteiger charge is -2.21. The van der Waals surface area contributed by atoms with Crippen LogP contribution in [-0.2, 0) is 16.6 Å². The molecule has 0 saturated heterocycles. The summed E-state index contributed by atoms with van der Waals surface area (Å²) < 4.78 is 27.5. The average Bonchev–Trinajstić information content (AvgIpc) is 2.92. The molecular weight excluding hydrogens is 262 g/mol. The molecule has 1 aliphatic carbocycles. The molecule has 1 fully saturated rings. The SMILES string of the molecule is CC(NS(=O)(=O)c1ccccc1CO)C1CCCC1. The Morgan fingerprint density at radius 3 is 2.58 bits per heavy atom. The Morgan fingerprint density at radius 1 is 1.32 bits per heavy atom. The van der Waals surface area contributed by atoms with Crippen molar-refractivity contribution in [2.75, 3.05) is 0 Å². The van der Waals surface area contributed by atoms with Gasteiger partial charge >= 0.3 is 0 Å². The molecule has 0 bridgehead atoms. The third kappa shape index (κ3) is 3.35. The van der Waals surface area contributed by atoms with E-state index in [1.54, 1.807) is 18.2 Å². The fourth-order valence-electron chi connectivity index (χ4n) is 2.76. The van der Waals surface area contributed by atoms with Gasteiger partial charge in [0.05, 0.1) is 11.5 Å². The van der Waals surface area contributed by atoms with E-state index in [1.807, 2.05) is 6.92 Å². The molecule has 2 N–H and O–H groups in total. The third-order valence-electron chi connectivity index (χ3n) is 3.88. The van der Waals surface area contributed by atoms with Gasteiger partial charge in [-0.1, -0.05) is 31.0 Å². The second-order valence-electron chi connectivity index (χ2n) is 5.22. The summed E-state index contributed by atoms with van der Waals surface area (Å²) >= 11 is 0. The van der Waals surface area contributed by atoms with Crippen LogP contribution in [0, 0.1) is 5.92 Å². The minimum Gasteiger partial charge on any atom is -0.392 e. The van der Waals surface area contributed by atoms with Gasteiger partial charge in [-0.3, -0.25) is 0 Å². The highest BCUT2D eigenvalue weighted by Crippen LogP contribution is 2.28. The standard InChI is InChI=1S/C14H21NO3S/c1-11(12-6-2-3-7-12)15-19(17,18)14-9-5-4-8-13(14)10-16/h4-5,8-9,11-12,15-16H,2-3,6-7,10H2,1H3. The fraction of sp³-hybridized carbons (Fsp3) is 0.571. The van der Waals surface area contributed by atoms with Crippen LogP contribution in [0.4, 0.5) is 0 Å². The van der Waals surface area contributed by atoms with E-state index in [9.17, 15) is 13.5 Å². The number of hydrogen-bond donors (Lipinski definition) is 2. The molecule has 1 aromatic rings. The number of benzene rings is 1. The molecule has 1 unspecified atom stereocenters. The Labute approximate surface area is 114 Å². The molecule has 0 spiro atoms. The second kappa shape index (κ2) is 6.03. The maximum Gasteiger partial charge on any atom is 0.241 e. The molecule has 19 heavy (non-hydrogen) atoms. The van der Waals surface area contributed by atoms with E-state index in [2.05, 4.69) is 4.72 Å². The Bertz CT molecular complexity index is 521. The number of rotatable bonds is 5. The van der Waals surface area contributed by atoms with Crippen molar-refractivity contribution < 1.29 is 13.5 Å². The van der Waals surface area contributed by atoms with E-state index in [0.29, 0.717) is 11.5 Å². The van der Waals surface area contributed by atoms with Crippen molar-refractivity contribution in [1.29, 1.82) is 0 Å². The van der Waals surface area contributed by atoms with Crippen LogP contribution in [-0.4, -0.2) is 19.6 Å². The Morgan fingerprint density at radius 2 is 1.95 bits per heavy atom. The number of hydrogen-bond acceptors (Lipinski definition) is 3. The zero-order valence-electron chi connectivity index (χ0n) is 11.2. The lowest BCUT2D eigenvalue weighted by Crippen LogP contribution is -2.37. The highest BCUT2D eigenvalue weighted by Gasteiger charge is 2.27. The van der Waals surface area contributed by atoms with Crippen LogP contribution in [0.15, 0.2) is 29.2 Å². The van der Waals surface area contributed by atoms with Crippen LogP contribution in [0.2, 0.25) is 0 Å². The molecule has 0 aliphatic heterocycles. The summed E-state index contributed by atoms with van der Waals surface area (Å²) in [5.74, 6) is 0.427. The normalized spacial score (nSPS) is 18.6. The number of nitrogens with one attached hydrogen (secondary N) is 1. The molecule has 1 atom stereocenters. The van der Waals surface area contributed by atoms with E-state index in [4.69, 9.17) is 0 Å². The molecule has 1 saturated carbocycles. The second-order valence-corrected chi connectivity index (χ2v) is 6.90. The lowest BCUT2D eigenvalue weighted by atomic mass is 10.0. The van der Waals surface area contributed by atoms with Crippen molar-refractivity contribution in [1.82, 2.24) is 4.72 Å². The highest BCUT2D eigenvalue weighted by atomic mass is 32.2. The van der Waals surface area contributed by atoms with E-state index < -0.39 is 10.0 Å². The largest absolute Gasteiger partial charge is 0.392 e. The summed E-state index contributed by atoms with van der Waals surface area (Å²) in [6.45, 7) is 1.66. The average molecular weight is 283 g/mol. The fourth-order valence-corrected chi connectivity index (χ4v) is 4.30. The monoisotopic (exact) mass is 283 g/mol. The zero-order valence-corrected chi connectivity index (χ0v) is 12.0. The number of aliphatic hydroxyl groups is 1. The van der Waals surface area contributed by atoms with Gasteiger partial charge in [0, 0.05) is 6.04 Å². The molecule has 0 amide bonds. The summed E-state index contributed by atoms with van der Waals surface area (Å²) in [7, 11) is -3.55. The van der Waals surface area contributed by atoms with Crippen molar-refractivity contribution in [3.63, 3.8) is 0 Å². The molecule has 0 aromatic heterocycles. The molecule has 0 heterocycles. The van der Waals surface area contributed by atoms with Crippen LogP contribution < -0.4 is 4.72 Å². The van der Waals surface area contributed by atoms with Gasteiger partial charge in [0.2, 0.25) is 10.0 Å². The molecule has 5 heteroatoms. The number of sulfonamides is 1. The van der Waals surface area contributed by atoms with Crippen molar-refractivity contribution in [2.24, 2.45) is 5.92 Å². The van der Waals surface area contributed by atoms with Crippen LogP contribution in [0.1, 0.15) is 38.2 Å². The molecule has 1 aliphatic rings. The van der Waals surface area contributed by atoms with E-state index >= 15 is 0 Å². The molecule has 2 rings (SSSR count). The maximum absolute atomic E-state index is 12.4. The highest BCUT2D eigenvalue weighted by molar-refractivity contribution is 7.89. The summed E-state index contributed by atoms with van der Waals surface area (Å²) in [6.07, 6.45) is 4.55. The predicted octanol–water partition coefficient (Wildman–Crippen LogP) is 2.04. The zero-order chi connectivity index (χ0) is 13.9. The van der Waals surface area contributed by atoms with Gasteiger partial charge in [-0.15, -0.1) is 0 Å². The minimum absolute atomic E-state index is 0.0563. The van der Waals surface area contributed by atoms with Crippen LogP contribution in [0.5, 0.6) is 0 Å². The van der Waals surface area contributed by atoms with Gasteiger partial charge < -0.3 is 5.11 Å². The quantitative estimate of drug-likeness (QED) is 0.869. The lowest BCUT2D eigenvalue weighted by molar-refractivity contribution is 0.278. The first-order chi connectivity index (χ1) is 9.04. The van der Waals surface area contributed by atoms with Crippen molar-refractivity contribution in [3.8, 4) is 0 Å². The van der Waals surface area contributed by atoms with Crippen LogP contribution in [0.25, 0.3) is 0 Å². The van der Waals surface area contributed by atoms with Crippen molar-refractivity contribution >= 4 is 10.0 Å². The van der Waals surface area contributed by atoms with E-state index in [0.717, 1.165) is 12.8 Å². The third-order valence-corrected chi connectivity index (χ3v) is 5.54. The van der Waals surface area contributed by atoms with Crippen LogP contribution >= 0.6 is 0 Å². The molecule has 106 valence electrons. The first kappa shape index (κ1) is 14.5. The van der Waals surface area contributed by atoms with E-state index in [-0.39, 0.29) is 17.5 Å². The minimum atomic E-state index is -3.55. The summed E-state index contributed by atoms with van der Waals surface area (Å²) in [5, 5.41) is 9.24. The van der Waals surface area contributed by atoms with Gasteiger partial charge in [-0.2, -0.15) is 0 Å². The van der Waals surface area contributed by atoms with Gasteiger partial charge in [0.15, 0.2) is 0 Å². The Hall–Kier alpha value is -0.910. The molecule has 0 radical (unpaired) electrons. The topological polar surface area (TPSA) is 66.4 Å². The first-order valence-corrected chi connectivity index (χ1v) is 8.24. The van der Waals surface area contributed by atoms with Gasteiger partial charge in [0.25, 0.3) is 0 Å². The summed E-state index contributed by atoms with van der Waals surface area (Å²) in [5.41, 5.74) is 0.439. The Kier molecular flexibility index (Phi) is 4.60. The smallest absolute Gasteiger partial charge is 0.241 e. The van der Waals surface area contributed by atoms with Gasteiger partial charge in [0.1, 0.15) is 0 Å².